The molecule has 0 saturated heterocycles. The molecule has 0 aliphatic heterocycles. The molecule has 0 radical (unpaired) electrons. The Morgan fingerprint density at radius 2 is 1.84 bits per heavy atom. The second kappa shape index (κ2) is 8.30. The predicted octanol–water partition coefficient (Wildman–Crippen LogP) is 4.67. The lowest BCUT2D eigenvalue weighted by atomic mass is 9.67. The maximum atomic E-state index is 14.2. The molecule has 2 aromatic rings. The number of amides is 1. The standard InChI is InChI=1S/C21H22F7N5O3S/c1-18(8-20(24,25)9-18)10-32-16(14(21(26,27)28)15(31-32)11-6-19(22,23)7-11)17(34)30-12-3-4-33(35)13(5-12)37(2,29)36/h3-5,11,29,35H,6-10H2,1-2H3. The minimum absolute atomic E-state index is 0.330. The van der Waals surface area contributed by atoms with Gasteiger partial charge in [0.1, 0.15) is 11.3 Å². The quantitative estimate of drug-likeness (QED) is 0.411. The first-order valence-electron chi connectivity index (χ1n) is 10.9. The van der Waals surface area contributed by atoms with Crippen molar-refractivity contribution < 1.29 is 44.9 Å². The predicted molar refractivity (Wildman–Crippen MR) is 113 cm³/mol. The molecule has 2 saturated carbocycles. The highest BCUT2D eigenvalue weighted by Crippen LogP contribution is 2.54. The summed E-state index contributed by atoms with van der Waals surface area (Å²) in [5.74, 6) is -9.04. The third-order valence-electron chi connectivity index (χ3n) is 6.36. The van der Waals surface area contributed by atoms with Crippen LogP contribution < -0.4 is 5.36 Å². The number of hydrogen-bond donors (Lipinski definition) is 2. The zero-order chi connectivity index (χ0) is 27.8. The van der Waals surface area contributed by atoms with Crippen molar-refractivity contribution in [3.05, 3.63) is 40.6 Å². The molecule has 2 fully saturated rings. The number of nitrogens with one attached hydrogen (secondary N) is 1. The van der Waals surface area contributed by atoms with E-state index in [2.05, 4.69) is 10.1 Å². The van der Waals surface area contributed by atoms with Crippen LogP contribution in [0.3, 0.4) is 0 Å². The van der Waals surface area contributed by atoms with Gasteiger partial charge >= 0.3 is 6.18 Å². The summed E-state index contributed by atoms with van der Waals surface area (Å²) >= 11 is 0. The number of carbonyl (C=O) groups is 1. The van der Waals surface area contributed by atoms with Gasteiger partial charge in [0.15, 0.2) is 5.03 Å². The monoisotopic (exact) mass is 557 g/mol. The van der Waals surface area contributed by atoms with Crippen LogP contribution in [0, 0.1) is 10.2 Å². The summed E-state index contributed by atoms with van der Waals surface area (Å²) in [6.07, 6.45) is -6.56. The molecule has 4 rings (SSSR count). The summed E-state index contributed by atoms with van der Waals surface area (Å²) in [5, 5.41) is 12.7. The summed E-state index contributed by atoms with van der Waals surface area (Å²) in [7, 11) is -3.54. The van der Waals surface area contributed by atoms with Gasteiger partial charge in [0.25, 0.3) is 5.91 Å². The van der Waals surface area contributed by atoms with Crippen LogP contribution in [-0.4, -0.2) is 47.9 Å². The van der Waals surface area contributed by atoms with Crippen molar-refractivity contribution in [1.82, 2.24) is 14.5 Å². The number of carbonyl (C=O) groups excluding carboxylic acids is 1. The zero-order valence-corrected chi connectivity index (χ0v) is 20.3. The van der Waals surface area contributed by atoms with Crippen LogP contribution in [0.4, 0.5) is 30.7 Å². The van der Waals surface area contributed by atoms with Gasteiger partial charge in [0.2, 0.25) is 11.8 Å². The highest BCUT2D eigenvalue weighted by molar-refractivity contribution is 7.91. The van der Waals surface area contributed by atoms with E-state index >= 15 is 0 Å². The van der Waals surface area contributed by atoms with Gasteiger partial charge in [-0.15, -0.1) is 0 Å². The van der Waals surface area contributed by atoms with Crippen LogP contribution in [0.2, 0.25) is 0 Å². The maximum Gasteiger partial charge on any atom is 0.420 e. The Balaban J connectivity index is 1.86. The molecule has 37 heavy (non-hydrogen) atoms. The number of nitrogens with zero attached hydrogens (tertiary/aromatic N) is 4. The molecular weight excluding hydrogens is 535 g/mol. The first-order valence-corrected chi connectivity index (χ1v) is 12.8. The summed E-state index contributed by atoms with van der Waals surface area (Å²) in [6, 6.07) is 1.87. The summed E-state index contributed by atoms with van der Waals surface area (Å²) in [5.41, 5.74) is -4.66. The molecule has 2 aromatic heterocycles. The van der Waals surface area contributed by atoms with Gasteiger partial charge in [-0.25, -0.2) is 31.5 Å². The Kier molecular flexibility index (Phi) is 6.08. The molecule has 0 bridgehead atoms. The van der Waals surface area contributed by atoms with Crippen LogP contribution >= 0.6 is 0 Å². The van der Waals surface area contributed by atoms with E-state index in [4.69, 9.17) is 4.78 Å². The topological polar surface area (TPSA) is 113 Å². The van der Waals surface area contributed by atoms with E-state index in [0.717, 1.165) is 24.6 Å². The summed E-state index contributed by atoms with van der Waals surface area (Å²) in [4.78, 5) is 16.7. The van der Waals surface area contributed by atoms with Crippen LogP contribution in [-0.2, 0) is 22.5 Å². The van der Waals surface area contributed by atoms with E-state index in [1.54, 1.807) is 0 Å². The number of alkyl halides is 7. The van der Waals surface area contributed by atoms with E-state index in [1.165, 1.54) is 6.92 Å². The van der Waals surface area contributed by atoms with Gasteiger partial charge in [-0.3, -0.25) is 9.48 Å². The minimum atomic E-state index is -5.21. The Labute approximate surface area is 205 Å². The largest absolute Gasteiger partial charge is 0.428 e. The number of halogens is 7. The molecule has 1 amide bonds. The minimum Gasteiger partial charge on any atom is -0.428 e. The van der Waals surface area contributed by atoms with Gasteiger partial charge < -0.3 is 5.21 Å². The van der Waals surface area contributed by atoms with E-state index in [1.807, 2.05) is 0 Å². The van der Waals surface area contributed by atoms with Crippen molar-refractivity contribution in [1.29, 1.82) is 4.78 Å². The van der Waals surface area contributed by atoms with E-state index in [0.29, 0.717) is 9.41 Å². The Hall–Kier alpha value is -2.91. The second-order valence-corrected chi connectivity index (χ2v) is 12.2. The van der Waals surface area contributed by atoms with E-state index < -0.39 is 99.2 Å². The fourth-order valence-corrected chi connectivity index (χ4v) is 5.66. The van der Waals surface area contributed by atoms with Gasteiger partial charge in [-0.05, 0) is 11.5 Å². The highest BCUT2D eigenvalue weighted by atomic mass is 32.2. The molecule has 0 aromatic carbocycles. The number of aromatic nitrogens is 3. The normalized spacial score (nSPS) is 22.7. The number of rotatable bonds is 5. The molecule has 204 valence electrons. The molecule has 8 nitrogen and oxygen atoms in total. The molecule has 2 aliphatic rings. The fourth-order valence-electron chi connectivity index (χ4n) is 4.89. The van der Waals surface area contributed by atoms with E-state index in [9.17, 15) is 44.9 Å². The highest BCUT2D eigenvalue weighted by Gasteiger charge is 2.56. The Bertz CT molecular complexity index is 1430. The average molecular weight is 557 g/mol. The molecule has 2 heterocycles. The molecule has 2 N–H and O–H groups in total. The average Bonchev–Trinajstić information content (AvgIpc) is 3.03. The lowest BCUT2D eigenvalue weighted by molar-refractivity contribution is -0.160. The SMILES string of the molecule is CC1(Cn2nc(C3CC(F)(F)C3)c(C(F)(F)F)c2C(=O)N=c2ccn(O)c(S(C)(=N)=O)c2)CC(F)(F)C1. The van der Waals surface area contributed by atoms with Crippen molar-refractivity contribution in [2.24, 2.45) is 10.4 Å². The van der Waals surface area contributed by atoms with Crippen molar-refractivity contribution in [2.45, 2.75) is 68.1 Å². The van der Waals surface area contributed by atoms with Crippen LogP contribution in [0.5, 0.6) is 0 Å². The molecule has 16 heteroatoms. The molecule has 1 atom stereocenters. The Morgan fingerprint density at radius 3 is 2.32 bits per heavy atom. The van der Waals surface area contributed by atoms with Gasteiger partial charge in [-0.2, -0.15) is 23.0 Å². The van der Waals surface area contributed by atoms with Gasteiger partial charge in [0.05, 0.1) is 20.8 Å². The van der Waals surface area contributed by atoms with Crippen molar-refractivity contribution in [2.75, 3.05) is 6.26 Å². The van der Waals surface area contributed by atoms with Crippen molar-refractivity contribution >= 4 is 15.6 Å². The van der Waals surface area contributed by atoms with Crippen molar-refractivity contribution in [3.63, 3.8) is 0 Å². The maximum absolute atomic E-state index is 14.2. The van der Waals surface area contributed by atoms with Crippen LogP contribution in [0.15, 0.2) is 28.3 Å². The first-order chi connectivity index (χ1) is 16.7. The fraction of sp³-hybridized carbons (Fsp3) is 0.571. The smallest absolute Gasteiger partial charge is 0.420 e. The molecule has 2 aliphatic carbocycles. The molecular formula is C21H22F7N5O3S. The van der Waals surface area contributed by atoms with Crippen molar-refractivity contribution in [3.8, 4) is 0 Å². The lowest BCUT2D eigenvalue weighted by Crippen LogP contribution is -2.47. The number of hydrogen-bond acceptors (Lipinski definition) is 5. The van der Waals surface area contributed by atoms with Gasteiger partial charge in [0, 0.05) is 56.7 Å². The zero-order valence-electron chi connectivity index (χ0n) is 19.5. The Morgan fingerprint density at radius 1 is 1.24 bits per heavy atom. The summed E-state index contributed by atoms with van der Waals surface area (Å²) < 4.78 is 117. The molecule has 0 spiro atoms. The lowest BCUT2D eigenvalue weighted by Gasteiger charge is -2.44. The number of pyridine rings is 1. The first kappa shape index (κ1) is 27.1. The second-order valence-electron chi connectivity index (χ2n) is 10.1. The third kappa shape index (κ3) is 5.38. The van der Waals surface area contributed by atoms with Crippen LogP contribution in [0.1, 0.15) is 60.3 Å². The third-order valence-corrected chi connectivity index (χ3v) is 7.46. The molecule has 1 unspecified atom stereocenters. The summed E-state index contributed by atoms with van der Waals surface area (Å²) in [6.45, 7) is 0.870. The van der Waals surface area contributed by atoms with Gasteiger partial charge in [-0.1, -0.05) is 6.92 Å². The van der Waals surface area contributed by atoms with E-state index in [-0.39, 0.29) is 5.36 Å². The van der Waals surface area contributed by atoms with Crippen LogP contribution in [0.25, 0.3) is 0 Å².